The normalized spacial score (nSPS) is 12.3. The quantitative estimate of drug-likeness (QED) is 0.375. The minimum atomic E-state index is -0.493. The lowest BCUT2D eigenvalue weighted by Gasteiger charge is -2.06. The molecule has 0 spiro atoms. The second-order valence-corrected chi connectivity index (χ2v) is 5.85. The van der Waals surface area contributed by atoms with Gasteiger partial charge in [0.1, 0.15) is 6.04 Å². The van der Waals surface area contributed by atoms with E-state index in [1.807, 2.05) is 0 Å². The molecule has 20 heavy (non-hydrogen) atoms. The van der Waals surface area contributed by atoms with Crippen molar-refractivity contribution in [3.05, 3.63) is 0 Å². The summed E-state index contributed by atoms with van der Waals surface area (Å²) in [6.45, 7) is 4.44. The number of carbonyl (C=O) groups is 1. The van der Waals surface area contributed by atoms with E-state index in [2.05, 4.69) is 6.92 Å². The molecule has 3 heteroatoms. The number of esters is 1. The Morgan fingerprint density at radius 1 is 0.850 bits per heavy atom. The van der Waals surface area contributed by atoms with Crippen LogP contribution < -0.4 is 5.73 Å². The summed E-state index contributed by atoms with van der Waals surface area (Å²) in [5.41, 5.74) is 5.41. The lowest BCUT2D eigenvalue weighted by Crippen LogP contribution is -2.28. The fraction of sp³-hybridized carbons (Fsp3) is 0.941. The van der Waals surface area contributed by atoms with E-state index in [0.29, 0.717) is 6.61 Å². The smallest absolute Gasteiger partial charge is 0.322 e. The molecule has 2 N–H and O–H groups in total. The van der Waals surface area contributed by atoms with Gasteiger partial charge in [0.15, 0.2) is 0 Å². The second-order valence-electron chi connectivity index (χ2n) is 5.85. The van der Waals surface area contributed by atoms with Crippen LogP contribution in [0.2, 0.25) is 0 Å². The highest BCUT2D eigenvalue weighted by molar-refractivity contribution is 5.74. The maximum Gasteiger partial charge on any atom is 0.322 e. The van der Waals surface area contributed by atoms with Crippen molar-refractivity contribution < 1.29 is 9.53 Å². The highest BCUT2D eigenvalue weighted by atomic mass is 16.5. The molecule has 3 nitrogen and oxygen atoms in total. The van der Waals surface area contributed by atoms with E-state index in [4.69, 9.17) is 10.5 Å². The number of hydrogen-bond acceptors (Lipinski definition) is 3. The molecule has 0 aliphatic rings. The van der Waals surface area contributed by atoms with Crippen molar-refractivity contribution in [2.75, 3.05) is 6.61 Å². The lowest BCUT2D eigenvalue weighted by atomic mass is 10.1. The van der Waals surface area contributed by atoms with Gasteiger partial charge in [0.2, 0.25) is 0 Å². The van der Waals surface area contributed by atoms with Crippen LogP contribution in [0.1, 0.15) is 90.9 Å². The van der Waals surface area contributed by atoms with Crippen molar-refractivity contribution in [1.82, 2.24) is 0 Å². The average molecular weight is 285 g/mol. The van der Waals surface area contributed by atoms with Crippen LogP contribution in [-0.2, 0) is 9.53 Å². The average Bonchev–Trinajstić information content (AvgIpc) is 2.43. The van der Waals surface area contributed by atoms with Crippen LogP contribution >= 0.6 is 0 Å². The van der Waals surface area contributed by atoms with Gasteiger partial charge in [0.05, 0.1) is 6.61 Å². The lowest BCUT2D eigenvalue weighted by molar-refractivity contribution is -0.144. The van der Waals surface area contributed by atoms with Gasteiger partial charge in [0.25, 0.3) is 0 Å². The van der Waals surface area contributed by atoms with Crippen LogP contribution in [0.4, 0.5) is 0 Å². The summed E-state index contributed by atoms with van der Waals surface area (Å²) in [5.74, 6) is -0.284. The first-order valence-corrected chi connectivity index (χ1v) is 8.60. The molecular weight excluding hydrogens is 250 g/mol. The number of unbranched alkanes of at least 4 members (excludes halogenated alkanes) is 11. The first-order chi connectivity index (χ1) is 9.68. The molecule has 0 amide bonds. The van der Waals surface area contributed by atoms with Crippen molar-refractivity contribution in [1.29, 1.82) is 0 Å². The van der Waals surface area contributed by atoms with Crippen molar-refractivity contribution in [2.45, 2.75) is 96.9 Å². The maximum absolute atomic E-state index is 11.1. The Bertz CT molecular complexity index is 217. The molecule has 0 aromatic heterocycles. The molecule has 0 radical (unpaired) electrons. The molecule has 0 fully saturated rings. The van der Waals surface area contributed by atoms with E-state index in [0.717, 1.165) is 12.8 Å². The minimum Gasteiger partial charge on any atom is -0.465 e. The van der Waals surface area contributed by atoms with Gasteiger partial charge in [0, 0.05) is 0 Å². The molecule has 0 saturated heterocycles. The molecule has 0 aromatic carbocycles. The van der Waals surface area contributed by atoms with Crippen LogP contribution in [-0.4, -0.2) is 18.6 Å². The summed E-state index contributed by atoms with van der Waals surface area (Å²) < 4.78 is 5.03. The number of rotatable bonds is 14. The number of nitrogens with two attached hydrogens (primary N) is 1. The van der Waals surface area contributed by atoms with E-state index in [1.54, 1.807) is 6.92 Å². The van der Waals surface area contributed by atoms with E-state index >= 15 is 0 Å². The monoisotopic (exact) mass is 285 g/mol. The maximum atomic E-state index is 11.1. The number of hydrogen-bond donors (Lipinski definition) is 1. The van der Waals surface area contributed by atoms with Crippen molar-refractivity contribution in [3.63, 3.8) is 0 Å². The topological polar surface area (TPSA) is 52.3 Å². The van der Waals surface area contributed by atoms with Crippen molar-refractivity contribution in [2.24, 2.45) is 5.73 Å². The van der Waals surface area contributed by atoms with Crippen molar-refractivity contribution >= 4 is 5.97 Å². The largest absolute Gasteiger partial charge is 0.465 e. The standard InChI is InChI=1S/C17H35NO2/c1-3-4-5-6-7-8-9-10-11-12-13-14-15-20-17(19)16(2)18/h16H,3-15,18H2,1-2H3/t16-/m0/s1. The SMILES string of the molecule is CCCCCCCCCCCCCCOC(=O)[C@H](C)N. The van der Waals surface area contributed by atoms with Gasteiger partial charge in [-0.15, -0.1) is 0 Å². The van der Waals surface area contributed by atoms with Gasteiger partial charge in [-0.05, 0) is 13.3 Å². The van der Waals surface area contributed by atoms with Crippen LogP contribution in [0, 0.1) is 0 Å². The van der Waals surface area contributed by atoms with Gasteiger partial charge in [-0.25, -0.2) is 0 Å². The molecular formula is C17H35NO2. The summed E-state index contributed by atoms with van der Waals surface area (Å²) in [6, 6.07) is -0.493. The molecule has 0 heterocycles. The van der Waals surface area contributed by atoms with E-state index in [1.165, 1.54) is 64.2 Å². The summed E-state index contributed by atoms with van der Waals surface area (Å²) >= 11 is 0. The number of carbonyl (C=O) groups excluding carboxylic acids is 1. The molecule has 0 aromatic rings. The van der Waals surface area contributed by atoms with Crippen LogP contribution in [0.3, 0.4) is 0 Å². The molecule has 0 bridgehead atoms. The molecule has 0 aliphatic heterocycles. The summed E-state index contributed by atoms with van der Waals surface area (Å²) in [5, 5.41) is 0. The van der Waals surface area contributed by atoms with Gasteiger partial charge < -0.3 is 10.5 Å². The Morgan fingerprint density at radius 2 is 1.25 bits per heavy atom. The van der Waals surface area contributed by atoms with Crippen LogP contribution in [0.15, 0.2) is 0 Å². The van der Waals surface area contributed by atoms with Crippen LogP contribution in [0.5, 0.6) is 0 Å². The Hall–Kier alpha value is -0.570. The van der Waals surface area contributed by atoms with Gasteiger partial charge >= 0.3 is 5.97 Å². The first-order valence-electron chi connectivity index (χ1n) is 8.60. The van der Waals surface area contributed by atoms with Crippen molar-refractivity contribution in [3.8, 4) is 0 Å². The third kappa shape index (κ3) is 13.9. The Labute approximate surface area is 125 Å². The van der Waals surface area contributed by atoms with E-state index in [-0.39, 0.29) is 5.97 Å². The van der Waals surface area contributed by atoms with E-state index < -0.39 is 6.04 Å². The Morgan fingerprint density at radius 3 is 1.65 bits per heavy atom. The minimum absolute atomic E-state index is 0.284. The fourth-order valence-corrected chi connectivity index (χ4v) is 2.25. The third-order valence-corrected chi connectivity index (χ3v) is 3.61. The van der Waals surface area contributed by atoms with Crippen LogP contribution in [0.25, 0.3) is 0 Å². The van der Waals surface area contributed by atoms with Gasteiger partial charge in [-0.2, -0.15) is 0 Å². The molecule has 0 unspecified atom stereocenters. The van der Waals surface area contributed by atoms with E-state index in [9.17, 15) is 4.79 Å². The Kier molecular flexibility index (Phi) is 14.4. The van der Waals surface area contributed by atoms with Gasteiger partial charge in [-0.3, -0.25) is 4.79 Å². The zero-order valence-corrected chi connectivity index (χ0v) is 13.7. The zero-order chi connectivity index (χ0) is 15.1. The Balaban J connectivity index is 3.04. The van der Waals surface area contributed by atoms with Gasteiger partial charge in [-0.1, -0.05) is 77.6 Å². The summed E-state index contributed by atoms with van der Waals surface area (Å²) in [6.07, 6.45) is 15.8. The summed E-state index contributed by atoms with van der Waals surface area (Å²) in [7, 11) is 0. The third-order valence-electron chi connectivity index (χ3n) is 3.61. The number of ether oxygens (including phenoxy) is 1. The molecule has 120 valence electrons. The predicted octanol–water partition coefficient (Wildman–Crippen LogP) is 4.58. The second kappa shape index (κ2) is 14.8. The fourth-order valence-electron chi connectivity index (χ4n) is 2.25. The zero-order valence-electron chi connectivity index (χ0n) is 13.7. The predicted molar refractivity (Wildman–Crippen MR) is 85.7 cm³/mol. The molecule has 0 rings (SSSR count). The molecule has 1 atom stereocenters. The summed E-state index contributed by atoms with van der Waals surface area (Å²) in [4.78, 5) is 11.1. The first kappa shape index (κ1) is 19.4. The highest BCUT2D eigenvalue weighted by Gasteiger charge is 2.07. The highest BCUT2D eigenvalue weighted by Crippen LogP contribution is 2.11. The molecule has 0 aliphatic carbocycles. The molecule has 0 saturated carbocycles.